The lowest BCUT2D eigenvalue weighted by Crippen LogP contribution is -2.23. The molecule has 0 aromatic carbocycles. The molecule has 1 N–H and O–H groups in total. The molecule has 0 amide bonds. The number of hydrogen-bond acceptors (Lipinski definition) is 2. The van der Waals surface area contributed by atoms with Gasteiger partial charge in [-0.25, -0.2) is 0 Å². The van der Waals surface area contributed by atoms with Crippen molar-refractivity contribution in [2.24, 2.45) is 5.92 Å². The molecule has 1 heterocycles. The molecule has 0 saturated carbocycles. The zero-order valence-corrected chi connectivity index (χ0v) is 11.1. The molecule has 1 atom stereocenters. The third kappa shape index (κ3) is 4.11. The maximum atomic E-state index is 6.18. The number of aromatic nitrogens is 1. The van der Waals surface area contributed by atoms with E-state index in [0.29, 0.717) is 12.0 Å². The van der Waals surface area contributed by atoms with Crippen molar-refractivity contribution in [1.82, 2.24) is 10.3 Å². The van der Waals surface area contributed by atoms with Crippen LogP contribution in [-0.2, 0) is 0 Å². The second-order valence-electron chi connectivity index (χ2n) is 4.53. The van der Waals surface area contributed by atoms with Crippen molar-refractivity contribution in [2.45, 2.75) is 39.7 Å². The van der Waals surface area contributed by atoms with Gasteiger partial charge in [0.25, 0.3) is 0 Å². The standard InChI is InChI=1S/C13H21ClN2/c1-4-6-16-13(8-10(2)3)11-5-7-15-9-12(11)14/h5,7,9-10,13,16H,4,6,8H2,1-3H3. The van der Waals surface area contributed by atoms with Crippen LogP contribution in [-0.4, -0.2) is 11.5 Å². The van der Waals surface area contributed by atoms with Crippen LogP contribution in [0.4, 0.5) is 0 Å². The first-order valence-corrected chi connectivity index (χ1v) is 6.35. The van der Waals surface area contributed by atoms with Gasteiger partial charge in [-0.2, -0.15) is 0 Å². The summed E-state index contributed by atoms with van der Waals surface area (Å²) in [6.07, 6.45) is 5.76. The molecular weight excluding hydrogens is 220 g/mol. The van der Waals surface area contributed by atoms with Gasteiger partial charge in [0, 0.05) is 18.4 Å². The first-order valence-electron chi connectivity index (χ1n) is 5.98. The van der Waals surface area contributed by atoms with Gasteiger partial charge in [0.1, 0.15) is 0 Å². The third-order valence-electron chi connectivity index (χ3n) is 2.53. The van der Waals surface area contributed by atoms with E-state index in [9.17, 15) is 0 Å². The molecule has 16 heavy (non-hydrogen) atoms. The van der Waals surface area contributed by atoms with Crippen molar-refractivity contribution in [3.8, 4) is 0 Å². The van der Waals surface area contributed by atoms with Crippen LogP contribution in [0.25, 0.3) is 0 Å². The van der Waals surface area contributed by atoms with Gasteiger partial charge in [0.15, 0.2) is 0 Å². The van der Waals surface area contributed by atoms with Crippen molar-refractivity contribution in [3.63, 3.8) is 0 Å². The Balaban J connectivity index is 2.78. The molecule has 90 valence electrons. The molecule has 1 rings (SSSR count). The van der Waals surface area contributed by atoms with Crippen LogP contribution in [0.15, 0.2) is 18.5 Å². The second-order valence-corrected chi connectivity index (χ2v) is 4.94. The van der Waals surface area contributed by atoms with E-state index in [1.54, 1.807) is 6.20 Å². The number of rotatable bonds is 6. The molecular formula is C13H21ClN2. The van der Waals surface area contributed by atoms with E-state index in [2.05, 4.69) is 31.1 Å². The normalized spacial score (nSPS) is 13.1. The monoisotopic (exact) mass is 240 g/mol. The predicted octanol–water partition coefficient (Wildman–Crippen LogP) is 3.82. The lowest BCUT2D eigenvalue weighted by molar-refractivity contribution is 0.430. The summed E-state index contributed by atoms with van der Waals surface area (Å²) in [5.41, 5.74) is 1.17. The maximum absolute atomic E-state index is 6.18. The van der Waals surface area contributed by atoms with Crippen LogP contribution >= 0.6 is 11.6 Å². The average Bonchev–Trinajstić information content (AvgIpc) is 2.24. The lowest BCUT2D eigenvalue weighted by Gasteiger charge is -2.21. The highest BCUT2D eigenvalue weighted by Gasteiger charge is 2.15. The first kappa shape index (κ1) is 13.5. The quantitative estimate of drug-likeness (QED) is 0.818. The van der Waals surface area contributed by atoms with Crippen molar-refractivity contribution >= 4 is 11.6 Å². The smallest absolute Gasteiger partial charge is 0.0637 e. The van der Waals surface area contributed by atoms with Crippen LogP contribution < -0.4 is 5.32 Å². The molecule has 3 heteroatoms. The Kier molecular flexibility index (Phi) is 5.78. The summed E-state index contributed by atoms with van der Waals surface area (Å²) in [5.74, 6) is 0.651. The molecule has 1 aromatic heterocycles. The third-order valence-corrected chi connectivity index (χ3v) is 2.84. The fourth-order valence-electron chi connectivity index (χ4n) is 1.78. The Bertz CT molecular complexity index is 313. The van der Waals surface area contributed by atoms with Crippen LogP contribution in [0.2, 0.25) is 5.02 Å². The summed E-state index contributed by atoms with van der Waals surface area (Å²) in [7, 11) is 0. The van der Waals surface area contributed by atoms with E-state index in [1.807, 2.05) is 12.3 Å². The summed E-state index contributed by atoms with van der Waals surface area (Å²) < 4.78 is 0. The van der Waals surface area contributed by atoms with E-state index in [4.69, 9.17) is 11.6 Å². The van der Waals surface area contributed by atoms with Gasteiger partial charge in [0.2, 0.25) is 0 Å². The number of hydrogen-bond donors (Lipinski definition) is 1. The SMILES string of the molecule is CCCNC(CC(C)C)c1ccncc1Cl. The summed E-state index contributed by atoms with van der Waals surface area (Å²) in [4.78, 5) is 4.03. The first-order chi connectivity index (χ1) is 7.65. The van der Waals surface area contributed by atoms with E-state index in [1.165, 1.54) is 5.56 Å². The lowest BCUT2D eigenvalue weighted by atomic mass is 9.97. The minimum absolute atomic E-state index is 0.343. The van der Waals surface area contributed by atoms with Crippen molar-refractivity contribution in [3.05, 3.63) is 29.0 Å². The predicted molar refractivity (Wildman–Crippen MR) is 69.7 cm³/mol. The number of pyridine rings is 1. The molecule has 1 aromatic rings. The largest absolute Gasteiger partial charge is 0.310 e. The average molecular weight is 241 g/mol. The number of halogens is 1. The second kappa shape index (κ2) is 6.87. The maximum Gasteiger partial charge on any atom is 0.0637 e. The topological polar surface area (TPSA) is 24.9 Å². The van der Waals surface area contributed by atoms with E-state index < -0.39 is 0 Å². The summed E-state index contributed by atoms with van der Waals surface area (Å²) >= 11 is 6.18. The van der Waals surface area contributed by atoms with Crippen molar-refractivity contribution < 1.29 is 0 Å². The van der Waals surface area contributed by atoms with Gasteiger partial charge in [-0.3, -0.25) is 4.98 Å². The van der Waals surface area contributed by atoms with Crippen LogP contribution in [0.5, 0.6) is 0 Å². The van der Waals surface area contributed by atoms with Gasteiger partial charge in [-0.05, 0) is 36.9 Å². The number of nitrogens with zero attached hydrogens (tertiary/aromatic N) is 1. The fourth-order valence-corrected chi connectivity index (χ4v) is 2.03. The van der Waals surface area contributed by atoms with Crippen LogP contribution in [0, 0.1) is 5.92 Å². The molecule has 0 spiro atoms. The molecule has 0 bridgehead atoms. The highest BCUT2D eigenvalue weighted by molar-refractivity contribution is 6.31. The van der Waals surface area contributed by atoms with E-state index in [-0.39, 0.29) is 0 Å². The van der Waals surface area contributed by atoms with Gasteiger partial charge in [-0.15, -0.1) is 0 Å². The Labute approximate surface area is 103 Å². The van der Waals surface area contributed by atoms with Gasteiger partial charge >= 0.3 is 0 Å². The Morgan fingerprint density at radius 1 is 1.44 bits per heavy atom. The molecule has 0 fully saturated rings. The Hall–Kier alpha value is -0.600. The van der Waals surface area contributed by atoms with Gasteiger partial charge in [0.05, 0.1) is 5.02 Å². The summed E-state index contributed by atoms with van der Waals surface area (Å²) in [6, 6.07) is 2.35. The van der Waals surface area contributed by atoms with Crippen molar-refractivity contribution in [2.75, 3.05) is 6.54 Å². The molecule has 0 radical (unpaired) electrons. The Morgan fingerprint density at radius 2 is 2.19 bits per heavy atom. The molecule has 0 aliphatic heterocycles. The molecule has 2 nitrogen and oxygen atoms in total. The van der Waals surface area contributed by atoms with E-state index >= 15 is 0 Å². The van der Waals surface area contributed by atoms with Gasteiger partial charge in [-0.1, -0.05) is 32.4 Å². The van der Waals surface area contributed by atoms with Crippen LogP contribution in [0.1, 0.15) is 45.2 Å². The fraction of sp³-hybridized carbons (Fsp3) is 0.615. The van der Waals surface area contributed by atoms with Gasteiger partial charge < -0.3 is 5.32 Å². The minimum Gasteiger partial charge on any atom is -0.310 e. The molecule has 0 aliphatic carbocycles. The summed E-state index contributed by atoms with van der Waals surface area (Å²) in [5, 5.41) is 4.31. The highest BCUT2D eigenvalue weighted by atomic mass is 35.5. The van der Waals surface area contributed by atoms with Crippen LogP contribution in [0.3, 0.4) is 0 Å². The van der Waals surface area contributed by atoms with E-state index in [0.717, 1.165) is 24.4 Å². The molecule has 0 aliphatic rings. The molecule has 0 saturated heterocycles. The minimum atomic E-state index is 0.343. The zero-order valence-electron chi connectivity index (χ0n) is 10.3. The summed E-state index contributed by atoms with van der Waals surface area (Å²) in [6.45, 7) is 7.66. The highest BCUT2D eigenvalue weighted by Crippen LogP contribution is 2.26. The Morgan fingerprint density at radius 3 is 2.75 bits per heavy atom. The number of nitrogens with one attached hydrogen (secondary N) is 1. The zero-order chi connectivity index (χ0) is 12.0. The molecule has 1 unspecified atom stereocenters. The van der Waals surface area contributed by atoms with Crippen molar-refractivity contribution in [1.29, 1.82) is 0 Å².